The van der Waals surface area contributed by atoms with Crippen LogP contribution in [0.3, 0.4) is 0 Å². The first-order valence-electron chi connectivity index (χ1n) is 7.37. The zero-order chi connectivity index (χ0) is 18.1. The van der Waals surface area contributed by atoms with E-state index in [1.165, 1.54) is 12.1 Å². The first kappa shape index (κ1) is 17.2. The van der Waals surface area contributed by atoms with Crippen LogP contribution in [0.25, 0.3) is 22.3 Å². The van der Waals surface area contributed by atoms with Gasteiger partial charge in [-0.15, -0.1) is 0 Å². The molecule has 0 heterocycles. The van der Waals surface area contributed by atoms with Gasteiger partial charge in [-0.05, 0) is 28.8 Å². The minimum absolute atomic E-state index is 0.0271. The van der Waals surface area contributed by atoms with Crippen molar-refractivity contribution in [2.24, 2.45) is 0 Å². The second-order valence-corrected chi connectivity index (χ2v) is 7.30. The quantitative estimate of drug-likeness (QED) is 0.632. The zero-order valence-electron chi connectivity index (χ0n) is 12.9. The Morgan fingerprint density at radius 3 is 1.68 bits per heavy atom. The molecule has 0 amide bonds. The molecule has 2 nitrogen and oxygen atoms in total. The molecule has 3 aromatic rings. The number of hydrogen-bond donors (Lipinski definition) is 0. The van der Waals surface area contributed by atoms with E-state index < -0.39 is 20.2 Å². The van der Waals surface area contributed by atoms with Gasteiger partial charge in [0, 0.05) is 5.56 Å². The zero-order valence-corrected chi connectivity index (χ0v) is 13.7. The van der Waals surface area contributed by atoms with Gasteiger partial charge in [0.1, 0.15) is 0 Å². The van der Waals surface area contributed by atoms with E-state index in [1.807, 2.05) is 18.2 Å². The molecule has 0 aliphatic rings. The number of alkyl halides is 3. The summed E-state index contributed by atoms with van der Waals surface area (Å²) in [4.78, 5) is -0.745. The molecule has 0 N–H and O–H groups in total. The molecular formula is C19H13F3O2S. The number of hydrogen-bond acceptors (Lipinski definition) is 2. The van der Waals surface area contributed by atoms with Crippen LogP contribution in [-0.2, 0) is 9.84 Å². The summed E-state index contributed by atoms with van der Waals surface area (Å²) in [6.07, 6.45) is 0. The van der Waals surface area contributed by atoms with Crippen LogP contribution < -0.4 is 0 Å². The van der Waals surface area contributed by atoms with Gasteiger partial charge < -0.3 is 0 Å². The Morgan fingerprint density at radius 2 is 1.16 bits per heavy atom. The van der Waals surface area contributed by atoms with Gasteiger partial charge in [-0.3, -0.25) is 0 Å². The lowest BCUT2D eigenvalue weighted by Gasteiger charge is -2.14. The summed E-state index contributed by atoms with van der Waals surface area (Å²) in [5.74, 6) is 0. The first-order chi connectivity index (χ1) is 11.8. The lowest BCUT2D eigenvalue weighted by Crippen LogP contribution is -2.23. The summed E-state index contributed by atoms with van der Waals surface area (Å²) in [7, 11) is -5.45. The van der Waals surface area contributed by atoms with Gasteiger partial charge in [0.15, 0.2) is 0 Å². The largest absolute Gasteiger partial charge is 0.501 e. The molecule has 0 bridgehead atoms. The summed E-state index contributed by atoms with van der Waals surface area (Å²) in [6, 6.07) is 21.1. The van der Waals surface area contributed by atoms with E-state index in [0.29, 0.717) is 11.1 Å². The molecule has 0 atom stereocenters. The smallest absolute Gasteiger partial charge is 0.214 e. The Bertz CT molecular complexity index is 980. The highest BCUT2D eigenvalue weighted by molar-refractivity contribution is 7.92. The lowest BCUT2D eigenvalue weighted by molar-refractivity contribution is -0.0435. The van der Waals surface area contributed by atoms with Gasteiger partial charge in [-0.25, -0.2) is 8.42 Å². The highest BCUT2D eigenvalue weighted by atomic mass is 32.2. The van der Waals surface area contributed by atoms with Gasteiger partial charge in [0.2, 0.25) is 0 Å². The Kier molecular flexibility index (Phi) is 4.39. The maximum absolute atomic E-state index is 13.1. The van der Waals surface area contributed by atoms with E-state index in [1.54, 1.807) is 42.5 Å². The monoisotopic (exact) mass is 362 g/mol. The van der Waals surface area contributed by atoms with Crippen molar-refractivity contribution in [1.82, 2.24) is 0 Å². The van der Waals surface area contributed by atoms with Gasteiger partial charge in [0.25, 0.3) is 9.84 Å². The summed E-state index contributed by atoms with van der Waals surface area (Å²) in [5, 5.41) is 0. The molecule has 3 rings (SSSR count). The maximum atomic E-state index is 13.1. The molecule has 0 saturated carbocycles. The third kappa shape index (κ3) is 3.30. The van der Waals surface area contributed by atoms with E-state index in [0.717, 1.165) is 11.6 Å². The average molecular weight is 362 g/mol. The highest BCUT2D eigenvalue weighted by Crippen LogP contribution is 2.38. The Morgan fingerprint density at radius 1 is 0.640 bits per heavy atom. The molecule has 0 radical (unpaired) electrons. The van der Waals surface area contributed by atoms with E-state index in [9.17, 15) is 21.6 Å². The van der Waals surface area contributed by atoms with E-state index >= 15 is 0 Å². The summed E-state index contributed by atoms with van der Waals surface area (Å²) < 4.78 is 63.1. The van der Waals surface area contributed by atoms with E-state index in [-0.39, 0.29) is 5.56 Å². The van der Waals surface area contributed by atoms with Gasteiger partial charge in [0.05, 0.1) is 4.90 Å². The van der Waals surface area contributed by atoms with Crippen LogP contribution >= 0.6 is 0 Å². The molecule has 0 aliphatic carbocycles. The Labute approximate surface area is 143 Å². The third-order valence-electron chi connectivity index (χ3n) is 3.77. The fourth-order valence-corrected chi connectivity index (χ4v) is 3.51. The summed E-state index contributed by atoms with van der Waals surface area (Å²) >= 11 is 0. The summed E-state index contributed by atoms with van der Waals surface area (Å²) in [5.41, 5.74) is -3.50. The number of halogens is 3. The van der Waals surface area contributed by atoms with Gasteiger partial charge in [-0.1, -0.05) is 66.7 Å². The predicted octanol–water partition coefficient (Wildman–Crippen LogP) is 5.31. The normalized spacial score (nSPS) is 12.1. The van der Waals surface area contributed by atoms with Crippen molar-refractivity contribution in [1.29, 1.82) is 0 Å². The fourth-order valence-electron chi connectivity index (χ4n) is 2.54. The molecule has 0 aliphatic heterocycles. The molecule has 6 heteroatoms. The summed E-state index contributed by atoms with van der Waals surface area (Å²) in [6.45, 7) is 0. The van der Waals surface area contributed by atoms with Crippen LogP contribution in [0.2, 0.25) is 0 Å². The van der Waals surface area contributed by atoms with Crippen LogP contribution in [0.15, 0.2) is 83.8 Å². The predicted molar refractivity (Wildman–Crippen MR) is 90.6 cm³/mol. The number of rotatable bonds is 3. The number of sulfone groups is 1. The SMILES string of the molecule is O=S(=O)(c1ccc(-c2ccccc2)cc1-c1ccccc1)C(F)(F)F. The second-order valence-electron chi connectivity index (χ2n) is 5.39. The lowest BCUT2D eigenvalue weighted by atomic mass is 9.99. The van der Waals surface area contributed by atoms with E-state index in [4.69, 9.17) is 0 Å². The molecule has 25 heavy (non-hydrogen) atoms. The van der Waals surface area contributed by atoms with Crippen LogP contribution in [-0.4, -0.2) is 13.9 Å². The van der Waals surface area contributed by atoms with Crippen molar-refractivity contribution in [3.05, 3.63) is 78.9 Å². The third-order valence-corrected chi connectivity index (χ3v) is 5.31. The second kappa shape index (κ2) is 6.37. The van der Waals surface area contributed by atoms with Crippen molar-refractivity contribution >= 4 is 9.84 Å². The van der Waals surface area contributed by atoms with Crippen molar-refractivity contribution in [3.8, 4) is 22.3 Å². The van der Waals surface area contributed by atoms with Crippen LogP contribution in [0.4, 0.5) is 13.2 Å². The molecule has 0 unspecified atom stereocenters. The standard InChI is InChI=1S/C19H13F3O2S/c20-19(21,22)25(23,24)18-12-11-16(14-7-3-1-4-8-14)13-17(18)15-9-5-2-6-10-15/h1-13H. The fraction of sp³-hybridized carbons (Fsp3) is 0.0526. The van der Waals surface area contributed by atoms with Crippen LogP contribution in [0, 0.1) is 0 Å². The molecule has 3 aromatic carbocycles. The number of benzene rings is 3. The topological polar surface area (TPSA) is 34.1 Å². The van der Waals surface area contributed by atoms with Crippen LogP contribution in [0.5, 0.6) is 0 Å². The van der Waals surface area contributed by atoms with Crippen molar-refractivity contribution in [2.75, 3.05) is 0 Å². The minimum Gasteiger partial charge on any atom is -0.214 e. The molecular weight excluding hydrogens is 349 g/mol. The molecule has 0 spiro atoms. The first-order valence-corrected chi connectivity index (χ1v) is 8.85. The van der Waals surface area contributed by atoms with E-state index in [2.05, 4.69) is 0 Å². The van der Waals surface area contributed by atoms with Crippen LogP contribution in [0.1, 0.15) is 0 Å². The highest BCUT2D eigenvalue weighted by Gasteiger charge is 2.48. The minimum atomic E-state index is -5.45. The van der Waals surface area contributed by atoms with Gasteiger partial charge in [-0.2, -0.15) is 13.2 Å². The molecule has 0 fully saturated rings. The van der Waals surface area contributed by atoms with Crippen molar-refractivity contribution in [2.45, 2.75) is 10.4 Å². The molecule has 0 saturated heterocycles. The molecule has 128 valence electrons. The Hall–Kier alpha value is -2.60. The van der Waals surface area contributed by atoms with Crippen molar-refractivity contribution in [3.63, 3.8) is 0 Å². The maximum Gasteiger partial charge on any atom is 0.501 e. The van der Waals surface area contributed by atoms with Crippen molar-refractivity contribution < 1.29 is 21.6 Å². The molecule has 0 aromatic heterocycles. The average Bonchev–Trinajstić information content (AvgIpc) is 2.62. The van der Waals surface area contributed by atoms with Gasteiger partial charge >= 0.3 is 5.51 Å². The Balaban J connectivity index is 2.27.